The summed E-state index contributed by atoms with van der Waals surface area (Å²) < 4.78 is 10.7. The minimum Gasteiger partial charge on any atom is -0.497 e. The van der Waals surface area contributed by atoms with E-state index in [1.165, 1.54) is 11.1 Å². The maximum absolute atomic E-state index is 12.7. The SMILES string of the molecule is COc1ccc([C@@H]2CCCN2CC(=O)Nc2ccc(CN3CCOCC3)cc2)cc1. The molecule has 1 atom stereocenters. The van der Waals surface area contributed by atoms with E-state index in [-0.39, 0.29) is 11.9 Å². The van der Waals surface area contributed by atoms with E-state index in [4.69, 9.17) is 9.47 Å². The van der Waals surface area contributed by atoms with Crippen molar-refractivity contribution in [1.29, 1.82) is 0 Å². The van der Waals surface area contributed by atoms with Crippen LogP contribution in [-0.4, -0.2) is 62.2 Å². The van der Waals surface area contributed by atoms with Crippen molar-refractivity contribution in [3.8, 4) is 5.75 Å². The third-order valence-electron chi connectivity index (χ3n) is 5.96. The van der Waals surface area contributed by atoms with Crippen LogP contribution < -0.4 is 10.1 Å². The molecule has 4 rings (SSSR count). The van der Waals surface area contributed by atoms with E-state index in [0.29, 0.717) is 6.54 Å². The fourth-order valence-corrected chi connectivity index (χ4v) is 4.31. The molecule has 1 N–H and O–H groups in total. The number of rotatable bonds is 7. The quantitative estimate of drug-likeness (QED) is 0.761. The lowest BCUT2D eigenvalue weighted by Gasteiger charge is -2.26. The van der Waals surface area contributed by atoms with E-state index in [1.54, 1.807) is 7.11 Å². The van der Waals surface area contributed by atoms with Crippen molar-refractivity contribution in [2.24, 2.45) is 0 Å². The third-order valence-corrected chi connectivity index (χ3v) is 5.96. The molecule has 0 aliphatic carbocycles. The summed E-state index contributed by atoms with van der Waals surface area (Å²) >= 11 is 0. The maximum atomic E-state index is 12.7. The molecule has 0 unspecified atom stereocenters. The lowest BCUT2D eigenvalue weighted by molar-refractivity contribution is -0.117. The molecule has 2 aromatic carbocycles. The number of anilines is 1. The van der Waals surface area contributed by atoms with Gasteiger partial charge >= 0.3 is 0 Å². The van der Waals surface area contributed by atoms with Gasteiger partial charge in [-0.25, -0.2) is 0 Å². The van der Waals surface area contributed by atoms with Crippen molar-refractivity contribution in [2.75, 3.05) is 51.8 Å². The van der Waals surface area contributed by atoms with Gasteiger partial charge in [0, 0.05) is 31.4 Å². The van der Waals surface area contributed by atoms with E-state index in [9.17, 15) is 4.79 Å². The predicted molar refractivity (Wildman–Crippen MR) is 118 cm³/mol. The lowest BCUT2D eigenvalue weighted by Crippen LogP contribution is -2.35. The zero-order chi connectivity index (χ0) is 20.8. The molecule has 0 radical (unpaired) electrons. The summed E-state index contributed by atoms with van der Waals surface area (Å²) in [5.74, 6) is 0.898. The fourth-order valence-electron chi connectivity index (χ4n) is 4.31. The summed E-state index contributed by atoms with van der Waals surface area (Å²) in [5, 5.41) is 3.06. The van der Waals surface area contributed by atoms with Crippen molar-refractivity contribution in [1.82, 2.24) is 9.80 Å². The normalized spacial score (nSPS) is 20.2. The Kier molecular flexibility index (Phi) is 7.00. The first-order chi connectivity index (χ1) is 14.7. The average molecular weight is 410 g/mol. The molecule has 6 heteroatoms. The Morgan fingerprint density at radius 2 is 1.80 bits per heavy atom. The van der Waals surface area contributed by atoms with Gasteiger partial charge in [0.05, 0.1) is 26.9 Å². The number of nitrogens with zero attached hydrogens (tertiary/aromatic N) is 2. The van der Waals surface area contributed by atoms with Gasteiger partial charge in [-0.2, -0.15) is 0 Å². The summed E-state index contributed by atoms with van der Waals surface area (Å²) in [4.78, 5) is 17.3. The molecular weight excluding hydrogens is 378 g/mol. The Hall–Kier alpha value is -2.41. The summed E-state index contributed by atoms with van der Waals surface area (Å²) in [6.07, 6.45) is 2.19. The van der Waals surface area contributed by atoms with Crippen molar-refractivity contribution in [3.63, 3.8) is 0 Å². The number of likely N-dealkylation sites (tertiary alicyclic amines) is 1. The highest BCUT2D eigenvalue weighted by molar-refractivity contribution is 5.92. The van der Waals surface area contributed by atoms with E-state index in [2.05, 4.69) is 39.4 Å². The monoisotopic (exact) mass is 409 g/mol. The summed E-state index contributed by atoms with van der Waals surface area (Å²) in [6, 6.07) is 16.7. The second-order valence-electron chi connectivity index (χ2n) is 8.04. The van der Waals surface area contributed by atoms with Crippen LogP contribution in [0.5, 0.6) is 5.75 Å². The highest BCUT2D eigenvalue weighted by Gasteiger charge is 2.27. The van der Waals surface area contributed by atoms with E-state index >= 15 is 0 Å². The van der Waals surface area contributed by atoms with Crippen LogP contribution in [0.3, 0.4) is 0 Å². The molecule has 30 heavy (non-hydrogen) atoms. The molecule has 0 aromatic heterocycles. The van der Waals surface area contributed by atoms with E-state index < -0.39 is 0 Å². The maximum Gasteiger partial charge on any atom is 0.238 e. The number of morpholine rings is 1. The minimum atomic E-state index is 0.0383. The van der Waals surface area contributed by atoms with Crippen molar-refractivity contribution >= 4 is 11.6 Å². The second-order valence-corrected chi connectivity index (χ2v) is 8.04. The van der Waals surface area contributed by atoms with E-state index in [1.807, 2.05) is 24.3 Å². The number of benzene rings is 2. The van der Waals surface area contributed by atoms with Gasteiger partial charge in [-0.15, -0.1) is 0 Å². The number of ether oxygens (including phenoxy) is 2. The highest BCUT2D eigenvalue weighted by Crippen LogP contribution is 2.32. The summed E-state index contributed by atoms with van der Waals surface area (Å²) in [6.45, 7) is 5.85. The zero-order valence-electron chi connectivity index (χ0n) is 17.7. The number of methoxy groups -OCH3 is 1. The molecule has 2 aliphatic rings. The van der Waals surface area contributed by atoms with Gasteiger partial charge in [0.25, 0.3) is 0 Å². The minimum absolute atomic E-state index is 0.0383. The number of amides is 1. The average Bonchev–Trinajstić information content (AvgIpc) is 3.24. The molecule has 0 saturated carbocycles. The van der Waals surface area contributed by atoms with Crippen LogP contribution in [0.4, 0.5) is 5.69 Å². The van der Waals surface area contributed by atoms with Crippen molar-refractivity contribution in [3.05, 3.63) is 59.7 Å². The molecule has 2 saturated heterocycles. The number of hydrogen-bond donors (Lipinski definition) is 1. The van der Waals surface area contributed by atoms with Gasteiger partial charge in [-0.1, -0.05) is 24.3 Å². The predicted octanol–water partition coefficient (Wildman–Crippen LogP) is 3.30. The van der Waals surface area contributed by atoms with Crippen LogP contribution in [0.2, 0.25) is 0 Å². The van der Waals surface area contributed by atoms with Gasteiger partial charge in [-0.05, 0) is 54.8 Å². The highest BCUT2D eigenvalue weighted by atomic mass is 16.5. The summed E-state index contributed by atoms with van der Waals surface area (Å²) in [7, 11) is 1.68. The van der Waals surface area contributed by atoms with Crippen LogP contribution in [0.25, 0.3) is 0 Å². The summed E-state index contributed by atoms with van der Waals surface area (Å²) in [5.41, 5.74) is 3.36. The molecule has 1 amide bonds. The van der Waals surface area contributed by atoms with Gasteiger partial charge in [0.1, 0.15) is 5.75 Å². The molecule has 2 aliphatic heterocycles. The van der Waals surface area contributed by atoms with Gasteiger partial charge < -0.3 is 14.8 Å². The third kappa shape index (κ3) is 5.39. The Bertz CT molecular complexity index is 817. The number of hydrogen-bond acceptors (Lipinski definition) is 5. The van der Waals surface area contributed by atoms with Crippen molar-refractivity contribution in [2.45, 2.75) is 25.4 Å². The molecule has 6 nitrogen and oxygen atoms in total. The Morgan fingerprint density at radius 3 is 2.50 bits per heavy atom. The number of carbonyl (C=O) groups excluding carboxylic acids is 1. The molecule has 2 aromatic rings. The molecule has 2 heterocycles. The Balaban J connectivity index is 1.30. The molecule has 160 valence electrons. The van der Waals surface area contributed by atoms with Crippen LogP contribution in [0.15, 0.2) is 48.5 Å². The van der Waals surface area contributed by atoms with Crippen LogP contribution in [0, 0.1) is 0 Å². The lowest BCUT2D eigenvalue weighted by atomic mass is 10.0. The molecular formula is C24H31N3O3. The second kappa shape index (κ2) is 10.1. The largest absolute Gasteiger partial charge is 0.497 e. The first-order valence-corrected chi connectivity index (χ1v) is 10.8. The Labute approximate surface area is 178 Å². The fraction of sp³-hybridized carbons (Fsp3) is 0.458. The molecule has 0 spiro atoms. The molecule has 2 fully saturated rings. The van der Waals surface area contributed by atoms with Gasteiger partial charge in [0.2, 0.25) is 5.91 Å². The van der Waals surface area contributed by atoms with Crippen LogP contribution in [-0.2, 0) is 16.1 Å². The van der Waals surface area contributed by atoms with Gasteiger partial charge in [-0.3, -0.25) is 14.6 Å². The smallest absolute Gasteiger partial charge is 0.238 e. The Morgan fingerprint density at radius 1 is 1.07 bits per heavy atom. The molecule has 0 bridgehead atoms. The number of nitrogens with one attached hydrogen (secondary N) is 1. The standard InChI is InChI=1S/C24H31N3O3/c1-29-22-10-6-20(7-11-22)23-3-2-12-27(23)18-24(28)25-21-8-4-19(5-9-21)17-26-13-15-30-16-14-26/h4-11,23H,2-3,12-18H2,1H3,(H,25,28)/t23-/m0/s1. The first-order valence-electron chi connectivity index (χ1n) is 10.8. The van der Waals surface area contributed by atoms with E-state index in [0.717, 1.165) is 63.7 Å². The zero-order valence-corrected chi connectivity index (χ0v) is 17.7. The first kappa shape index (κ1) is 20.8. The van der Waals surface area contributed by atoms with Crippen LogP contribution in [0.1, 0.15) is 30.0 Å². The van der Waals surface area contributed by atoms with Crippen LogP contribution >= 0.6 is 0 Å². The van der Waals surface area contributed by atoms with Crippen molar-refractivity contribution < 1.29 is 14.3 Å². The number of carbonyl (C=O) groups is 1. The topological polar surface area (TPSA) is 54.0 Å². The van der Waals surface area contributed by atoms with Gasteiger partial charge in [0.15, 0.2) is 0 Å².